The normalized spacial score (nSPS) is 9.75. The van der Waals surface area contributed by atoms with Crippen LogP contribution >= 0.6 is 0 Å². The molecule has 0 bridgehead atoms. The molecule has 50 valence electrons. The third-order valence-corrected chi connectivity index (χ3v) is 0.654. The van der Waals surface area contributed by atoms with Crippen molar-refractivity contribution in [3.63, 3.8) is 0 Å². The van der Waals surface area contributed by atoms with E-state index in [9.17, 15) is 0 Å². The molecule has 3 heteroatoms. The van der Waals surface area contributed by atoms with E-state index in [0.29, 0.717) is 6.73 Å². The van der Waals surface area contributed by atoms with Crippen LogP contribution in [0.3, 0.4) is 0 Å². The van der Waals surface area contributed by atoms with Crippen LogP contribution in [0.1, 0.15) is 13.3 Å². The van der Waals surface area contributed by atoms with Crippen molar-refractivity contribution >= 4 is 0 Å². The van der Waals surface area contributed by atoms with E-state index < -0.39 is 0 Å². The van der Waals surface area contributed by atoms with Crippen molar-refractivity contribution in [3.05, 3.63) is 0 Å². The fourth-order valence-electron chi connectivity index (χ4n) is 0.317. The van der Waals surface area contributed by atoms with Gasteiger partial charge in [0.2, 0.25) is 0 Å². The van der Waals surface area contributed by atoms with E-state index in [0.717, 1.165) is 13.0 Å². The molecule has 0 saturated carbocycles. The summed E-state index contributed by atoms with van der Waals surface area (Å²) in [6.07, 6.45) is 1.05. The largest absolute Gasteiger partial charge is 0.364 e. The Kier molecular flexibility index (Phi) is 6.78. The molecule has 3 nitrogen and oxygen atoms in total. The highest BCUT2D eigenvalue weighted by atomic mass is 16.7. The van der Waals surface area contributed by atoms with E-state index in [2.05, 4.69) is 17.2 Å². The molecule has 0 aromatic rings. The van der Waals surface area contributed by atoms with Gasteiger partial charge in [0.05, 0.1) is 7.11 Å². The number of ether oxygens (including phenoxy) is 1. The Morgan fingerprint density at radius 2 is 2.25 bits per heavy atom. The Balaban J connectivity index is 2.53. The standard InChI is InChI=1S/C5H13NO2/c1-3-4-8-5-6-7-2/h6H,3-5H2,1-2H3. The monoisotopic (exact) mass is 119 g/mol. The van der Waals surface area contributed by atoms with Gasteiger partial charge in [0.15, 0.2) is 0 Å². The first kappa shape index (κ1) is 7.88. The Labute approximate surface area is 49.9 Å². The van der Waals surface area contributed by atoms with Gasteiger partial charge in [-0.1, -0.05) is 6.92 Å². The second-order valence-electron chi connectivity index (χ2n) is 1.40. The third kappa shape index (κ3) is 5.88. The molecule has 0 amide bonds. The van der Waals surface area contributed by atoms with Crippen molar-refractivity contribution in [1.82, 2.24) is 5.48 Å². The lowest BCUT2D eigenvalue weighted by atomic mass is 10.5. The van der Waals surface area contributed by atoms with Crippen LogP contribution in [0.25, 0.3) is 0 Å². The molecule has 0 heterocycles. The summed E-state index contributed by atoms with van der Waals surface area (Å²) in [4.78, 5) is 4.51. The van der Waals surface area contributed by atoms with Gasteiger partial charge in [-0.25, -0.2) is 0 Å². The van der Waals surface area contributed by atoms with Crippen LogP contribution in [-0.4, -0.2) is 20.4 Å². The van der Waals surface area contributed by atoms with Crippen molar-refractivity contribution in [3.8, 4) is 0 Å². The number of hydrogen-bond acceptors (Lipinski definition) is 3. The van der Waals surface area contributed by atoms with Gasteiger partial charge in [0, 0.05) is 6.61 Å². The first-order valence-corrected chi connectivity index (χ1v) is 2.75. The molecule has 0 aliphatic carbocycles. The lowest BCUT2D eigenvalue weighted by molar-refractivity contribution is -0.00667. The summed E-state index contributed by atoms with van der Waals surface area (Å²) < 4.78 is 4.99. The van der Waals surface area contributed by atoms with Gasteiger partial charge in [-0.05, 0) is 6.42 Å². The van der Waals surface area contributed by atoms with Gasteiger partial charge in [-0.2, -0.15) is 5.48 Å². The average Bonchev–Trinajstić information content (AvgIpc) is 1.81. The molecule has 0 atom stereocenters. The molecule has 0 spiro atoms. The van der Waals surface area contributed by atoms with E-state index in [4.69, 9.17) is 4.74 Å². The molecule has 0 aliphatic rings. The van der Waals surface area contributed by atoms with Crippen molar-refractivity contribution in [2.45, 2.75) is 13.3 Å². The fourth-order valence-corrected chi connectivity index (χ4v) is 0.317. The smallest absolute Gasteiger partial charge is 0.119 e. The average molecular weight is 119 g/mol. The number of hydrogen-bond donors (Lipinski definition) is 1. The summed E-state index contributed by atoms with van der Waals surface area (Å²) >= 11 is 0. The van der Waals surface area contributed by atoms with Crippen molar-refractivity contribution in [1.29, 1.82) is 0 Å². The molecule has 0 radical (unpaired) electrons. The van der Waals surface area contributed by atoms with E-state index >= 15 is 0 Å². The molecule has 0 aliphatic heterocycles. The summed E-state index contributed by atoms with van der Waals surface area (Å²) in [6.45, 7) is 3.33. The summed E-state index contributed by atoms with van der Waals surface area (Å²) in [5, 5.41) is 0. The molecule has 0 aromatic carbocycles. The van der Waals surface area contributed by atoms with Crippen LogP contribution in [0.2, 0.25) is 0 Å². The highest BCUT2D eigenvalue weighted by molar-refractivity contribution is 4.20. The van der Waals surface area contributed by atoms with Crippen LogP contribution in [0.4, 0.5) is 0 Å². The molecule has 1 N–H and O–H groups in total. The summed E-state index contributed by atoms with van der Waals surface area (Å²) in [7, 11) is 1.56. The minimum absolute atomic E-state index is 0.477. The summed E-state index contributed by atoms with van der Waals surface area (Å²) in [5.41, 5.74) is 2.56. The van der Waals surface area contributed by atoms with E-state index in [1.165, 1.54) is 0 Å². The van der Waals surface area contributed by atoms with Gasteiger partial charge in [0.25, 0.3) is 0 Å². The SMILES string of the molecule is CCCOCNOC. The van der Waals surface area contributed by atoms with E-state index in [-0.39, 0.29) is 0 Å². The topological polar surface area (TPSA) is 30.5 Å². The second-order valence-corrected chi connectivity index (χ2v) is 1.40. The van der Waals surface area contributed by atoms with Crippen LogP contribution < -0.4 is 5.48 Å². The Morgan fingerprint density at radius 1 is 1.50 bits per heavy atom. The van der Waals surface area contributed by atoms with Gasteiger partial charge < -0.3 is 9.57 Å². The predicted molar refractivity (Wildman–Crippen MR) is 31.3 cm³/mol. The zero-order valence-electron chi connectivity index (χ0n) is 5.44. The second kappa shape index (κ2) is 6.88. The Hall–Kier alpha value is -0.120. The van der Waals surface area contributed by atoms with Gasteiger partial charge in [-0.3, -0.25) is 0 Å². The first-order valence-electron chi connectivity index (χ1n) is 2.75. The number of rotatable bonds is 5. The van der Waals surface area contributed by atoms with Crippen molar-refractivity contribution in [2.24, 2.45) is 0 Å². The molecule has 0 aromatic heterocycles. The summed E-state index contributed by atoms with van der Waals surface area (Å²) in [6, 6.07) is 0. The molecule has 0 rings (SSSR count). The zero-order chi connectivity index (χ0) is 6.24. The van der Waals surface area contributed by atoms with E-state index in [1.807, 2.05) is 0 Å². The van der Waals surface area contributed by atoms with Gasteiger partial charge in [0.1, 0.15) is 6.73 Å². The maximum absolute atomic E-state index is 4.99. The minimum atomic E-state index is 0.477. The Bertz CT molecular complexity index is 35.4. The molecule has 8 heavy (non-hydrogen) atoms. The number of nitrogens with one attached hydrogen (secondary N) is 1. The van der Waals surface area contributed by atoms with Crippen LogP contribution in [0.15, 0.2) is 0 Å². The maximum Gasteiger partial charge on any atom is 0.119 e. The van der Waals surface area contributed by atoms with Gasteiger partial charge >= 0.3 is 0 Å². The zero-order valence-corrected chi connectivity index (χ0v) is 5.44. The predicted octanol–water partition coefficient (Wildman–Crippen LogP) is 0.521. The maximum atomic E-state index is 4.99. The number of hydroxylamine groups is 1. The first-order chi connectivity index (χ1) is 3.91. The fraction of sp³-hybridized carbons (Fsp3) is 1.00. The lowest BCUT2D eigenvalue weighted by Gasteiger charge is -2.00. The lowest BCUT2D eigenvalue weighted by Crippen LogP contribution is -2.16. The van der Waals surface area contributed by atoms with Crippen LogP contribution in [0, 0.1) is 0 Å². The van der Waals surface area contributed by atoms with Crippen LogP contribution in [0.5, 0.6) is 0 Å². The molecular formula is C5H13NO2. The third-order valence-electron chi connectivity index (χ3n) is 0.654. The molecule has 0 unspecified atom stereocenters. The minimum Gasteiger partial charge on any atom is -0.364 e. The molecule has 0 fully saturated rings. The van der Waals surface area contributed by atoms with E-state index in [1.54, 1.807) is 7.11 Å². The highest BCUT2D eigenvalue weighted by Gasteiger charge is 1.79. The molecular weight excluding hydrogens is 106 g/mol. The molecule has 0 saturated heterocycles. The highest BCUT2D eigenvalue weighted by Crippen LogP contribution is 1.75. The summed E-state index contributed by atoms with van der Waals surface area (Å²) in [5.74, 6) is 0. The Morgan fingerprint density at radius 3 is 2.75 bits per heavy atom. The van der Waals surface area contributed by atoms with Crippen molar-refractivity contribution < 1.29 is 9.57 Å². The quantitative estimate of drug-likeness (QED) is 0.325. The van der Waals surface area contributed by atoms with Crippen LogP contribution in [-0.2, 0) is 9.57 Å². The van der Waals surface area contributed by atoms with Gasteiger partial charge in [-0.15, -0.1) is 0 Å². The van der Waals surface area contributed by atoms with Crippen molar-refractivity contribution in [2.75, 3.05) is 20.4 Å².